The van der Waals surface area contributed by atoms with E-state index in [2.05, 4.69) is 52.1 Å². The molecule has 0 aliphatic carbocycles. The number of aryl methyl sites for hydroxylation is 3. The normalized spacial score (nSPS) is 10.8. The quantitative estimate of drug-likeness (QED) is 0.785. The zero-order valence-electron chi connectivity index (χ0n) is 13.0. The van der Waals surface area contributed by atoms with Gasteiger partial charge in [0.05, 0.1) is 0 Å². The molecule has 2 heteroatoms. The van der Waals surface area contributed by atoms with Gasteiger partial charge in [0.1, 0.15) is 0 Å². The van der Waals surface area contributed by atoms with Gasteiger partial charge in [0.25, 0.3) is 0 Å². The van der Waals surface area contributed by atoms with Gasteiger partial charge in [-0.15, -0.1) is 0 Å². The van der Waals surface area contributed by atoms with Gasteiger partial charge in [-0.05, 0) is 44.7 Å². The van der Waals surface area contributed by atoms with Crippen molar-refractivity contribution in [3.63, 3.8) is 0 Å². The third-order valence-electron chi connectivity index (χ3n) is 3.57. The van der Waals surface area contributed by atoms with Crippen LogP contribution >= 0.6 is 0 Å². The van der Waals surface area contributed by atoms with Crippen LogP contribution in [0.15, 0.2) is 12.1 Å². The van der Waals surface area contributed by atoms with E-state index in [-0.39, 0.29) is 11.8 Å². The van der Waals surface area contributed by atoms with Gasteiger partial charge in [-0.3, -0.25) is 4.79 Å². The Morgan fingerprint density at radius 3 is 1.95 bits per heavy atom. The van der Waals surface area contributed by atoms with Crippen LogP contribution in [0.1, 0.15) is 56.2 Å². The molecule has 0 saturated heterocycles. The van der Waals surface area contributed by atoms with Crippen LogP contribution in [0.4, 0.5) is 5.69 Å². The summed E-state index contributed by atoms with van der Waals surface area (Å²) in [5, 5.41) is 3.14. The molecule has 1 rings (SSSR count). The van der Waals surface area contributed by atoms with E-state index in [1.807, 2.05) is 0 Å². The third-order valence-corrected chi connectivity index (χ3v) is 3.57. The molecule has 0 bridgehead atoms. The van der Waals surface area contributed by atoms with Crippen molar-refractivity contribution < 1.29 is 4.79 Å². The van der Waals surface area contributed by atoms with Crippen LogP contribution in [0.5, 0.6) is 0 Å². The van der Waals surface area contributed by atoms with Crippen LogP contribution in [0.3, 0.4) is 0 Å². The van der Waals surface area contributed by atoms with Gasteiger partial charge in [0, 0.05) is 11.6 Å². The topological polar surface area (TPSA) is 29.1 Å². The Balaban J connectivity index is 2.86. The Morgan fingerprint density at radius 2 is 1.53 bits per heavy atom. The predicted molar refractivity (Wildman–Crippen MR) is 82.6 cm³/mol. The smallest absolute Gasteiger partial charge is 0.227 e. The molecule has 1 N–H and O–H groups in total. The number of amides is 1. The SMILES string of the molecule is CCCC(CCC)C(=O)Nc1c(C)cc(C)cc1C. The van der Waals surface area contributed by atoms with E-state index in [1.54, 1.807) is 0 Å². The fraction of sp³-hybridized carbons (Fsp3) is 0.588. The largest absolute Gasteiger partial charge is 0.325 e. The Kier molecular flexibility index (Phi) is 6.07. The maximum atomic E-state index is 12.4. The number of benzene rings is 1. The molecular weight excluding hydrogens is 234 g/mol. The summed E-state index contributed by atoms with van der Waals surface area (Å²) in [6.07, 6.45) is 4.07. The molecule has 0 fully saturated rings. The number of hydrogen-bond acceptors (Lipinski definition) is 1. The fourth-order valence-electron chi connectivity index (χ4n) is 2.71. The average Bonchev–Trinajstić information content (AvgIpc) is 2.33. The van der Waals surface area contributed by atoms with Crippen LogP contribution in [-0.2, 0) is 4.79 Å². The lowest BCUT2D eigenvalue weighted by molar-refractivity contribution is -0.120. The second-order valence-corrected chi connectivity index (χ2v) is 5.54. The molecular formula is C17H27NO. The molecule has 1 aromatic carbocycles. The first-order valence-electron chi connectivity index (χ1n) is 7.38. The van der Waals surface area contributed by atoms with Crippen molar-refractivity contribution in [3.8, 4) is 0 Å². The van der Waals surface area contributed by atoms with Crippen LogP contribution in [0.25, 0.3) is 0 Å². The number of rotatable bonds is 6. The van der Waals surface area contributed by atoms with E-state index >= 15 is 0 Å². The molecule has 0 aromatic heterocycles. The van der Waals surface area contributed by atoms with Crippen molar-refractivity contribution in [3.05, 3.63) is 28.8 Å². The molecule has 0 aliphatic rings. The van der Waals surface area contributed by atoms with Gasteiger partial charge in [0.15, 0.2) is 0 Å². The second-order valence-electron chi connectivity index (χ2n) is 5.54. The molecule has 106 valence electrons. The summed E-state index contributed by atoms with van der Waals surface area (Å²) in [5.74, 6) is 0.328. The highest BCUT2D eigenvalue weighted by Gasteiger charge is 2.18. The molecule has 0 radical (unpaired) electrons. The maximum Gasteiger partial charge on any atom is 0.227 e. The zero-order chi connectivity index (χ0) is 14.4. The summed E-state index contributed by atoms with van der Waals surface area (Å²) in [6.45, 7) is 10.5. The zero-order valence-corrected chi connectivity index (χ0v) is 13.0. The standard InChI is InChI=1S/C17H27NO/c1-6-8-15(9-7-2)17(19)18-16-13(4)10-12(3)11-14(16)5/h10-11,15H,6-9H2,1-5H3,(H,18,19). The lowest BCUT2D eigenvalue weighted by atomic mass is 9.96. The van der Waals surface area contributed by atoms with E-state index in [0.717, 1.165) is 42.5 Å². The summed E-state index contributed by atoms with van der Waals surface area (Å²) in [5.41, 5.74) is 4.54. The van der Waals surface area contributed by atoms with Crippen molar-refractivity contribution >= 4 is 11.6 Å². The molecule has 2 nitrogen and oxygen atoms in total. The van der Waals surface area contributed by atoms with Crippen LogP contribution in [0.2, 0.25) is 0 Å². The van der Waals surface area contributed by atoms with E-state index in [4.69, 9.17) is 0 Å². The van der Waals surface area contributed by atoms with Gasteiger partial charge >= 0.3 is 0 Å². The highest BCUT2D eigenvalue weighted by atomic mass is 16.1. The summed E-state index contributed by atoms with van der Waals surface area (Å²) in [7, 11) is 0. The molecule has 0 unspecified atom stereocenters. The van der Waals surface area contributed by atoms with E-state index in [1.165, 1.54) is 5.56 Å². The molecule has 1 aromatic rings. The summed E-state index contributed by atoms with van der Waals surface area (Å²) in [4.78, 5) is 12.4. The van der Waals surface area contributed by atoms with Crippen molar-refractivity contribution in [2.24, 2.45) is 5.92 Å². The molecule has 0 atom stereocenters. The number of nitrogens with one attached hydrogen (secondary N) is 1. The van der Waals surface area contributed by atoms with Crippen molar-refractivity contribution in [1.82, 2.24) is 0 Å². The summed E-state index contributed by atoms with van der Waals surface area (Å²) >= 11 is 0. The molecule has 0 spiro atoms. The third kappa shape index (κ3) is 4.38. The van der Waals surface area contributed by atoms with E-state index in [9.17, 15) is 4.79 Å². The van der Waals surface area contributed by atoms with E-state index in [0.29, 0.717) is 0 Å². The number of carbonyl (C=O) groups excluding carboxylic acids is 1. The Labute approximate surface area is 117 Å². The minimum atomic E-state index is 0.148. The number of carbonyl (C=O) groups is 1. The van der Waals surface area contributed by atoms with Gasteiger partial charge in [-0.1, -0.05) is 44.4 Å². The van der Waals surface area contributed by atoms with Gasteiger partial charge < -0.3 is 5.32 Å². The minimum Gasteiger partial charge on any atom is -0.325 e. The molecule has 0 saturated carbocycles. The summed E-state index contributed by atoms with van der Waals surface area (Å²) < 4.78 is 0. The highest BCUT2D eigenvalue weighted by molar-refractivity contribution is 5.94. The van der Waals surface area contributed by atoms with Crippen molar-refractivity contribution in [1.29, 1.82) is 0 Å². The predicted octanol–water partition coefficient (Wildman–Crippen LogP) is 4.77. The fourth-order valence-corrected chi connectivity index (χ4v) is 2.71. The first kappa shape index (κ1) is 15.7. The van der Waals surface area contributed by atoms with Crippen molar-refractivity contribution in [2.45, 2.75) is 60.3 Å². The van der Waals surface area contributed by atoms with Crippen molar-refractivity contribution in [2.75, 3.05) is 5.32 Å². The lowest BCUT2D eigenvalue weighted by Crippen LogP contribution is -2.23. The minimum absolute atomic E-state index is 0.148. The lowest BCUT2D eigenvalue weighted by Gasteiger charge is -2.18. The molecule has 0 aliphatic heterocycles. The monoisotopic (exact) mass is 261 g/mol. The first-order chi connectivity index (χ1) is 8.99. The molecule has 0 heterocycles. The molecule has 19 heavy (non-hydrogen) atoms. The van der Waals surface area contributed by atoms with Crippen LogP contribution < -0.4 is 5.32 Å². The Morgan fingerprint density at radius 1 is 1.05 bits per heavy atom. The van der Waals surface area contributed by atoms with E-state index < -0.39 is 0 Å². The van der Waals surface area contributed by atoms with Crippen LogP contribution in [-0.4, -0.2) is 5.91 Å². The summed E-state index contributed by atoms with van der Waals surface area (Å²) in [6, 6.07) is 4.24. The number of hydrogen-bond donors (Lipinski definition) is 1. The van der Waals surface area contributed by atoms with Gasteiger partial charge in [0.2, 0.25) is 5.91 Å². The number of anilines is 1. The second kappa shape index (κ2) is 7.32. The highest BCUT2D eigenvalue weighted by Crippen LogP contribution is 2.24. The maximum absolute atomic E-state index is 12.4. The van der Waals surface area contributed by atoms with Gasteiger partial charge in [-0.25, -0.2) is 0 Å². The Hall–Kier alpha value is -1.31. The van der Waals surface area contributed by atoms with Crippen LogP contribution in [0, 0.1) is 26.7 Å². The first-order valence-corrected chi connectivity index (χ1v) is 7.38. The van der Waals surface area contributed by atoms with Gasteiger partial charge in [-0.2, -0.15) is 0 Å². The molecule has 1 amide bonds. The Bertz CT molecular complexity index is 408. The average molecular weight is 261 g/mol.